The maximum atomic E-state index is 11.9. The Morgan fingerprint density at radius 2 is 1.71 bits per heavy atom. The topological polar surface area (TPSA) is 64.4 Å². The van der Waals surface area contributed by atoms with E-state index in [4.69, 9.17) is 5.26 Å². The minimum Gasteiger partial charge on any atom is -0.196 e. The monoisotopic (exact) mass is 253 g/mol. The van der Waals surface area contributed by atoms with Crippen LogP contribution in [0.15, 0.2) is 30.3 Å². The molecule has 0 aliphatic rings. The SMILES string of the molecule is CN(C)S(=O)(=O)N(C)C(C#N)c1ccccc1. The first kappa shape index (κ1) is 13.6. The molecule has 1 unspecified atom stereocenters. The second-order valence-electron chi connectivity index (χ2n) is 3.75. The maximum Gasteiger partial charge on any atom is 0.282 e. The van der Waals surface area contributed by atoms with E-state index in [1.165, 1.54) is 21.1 Å². The van der Waals surface area contributed by atoms with Crippen molar-refractivity contribution in [2.75, 3.05) is 21.1 Å². The van der Waals surface area contributed by atoms with E-state index in [0.717, 1.165) is 8.61 Å². The summed E-state index contributed by atoms with van der Waals surface area (Å²) < 4.78 is 26.0. The number of nitriles is 1. The normalized spacial score (nSPS) is 13.6. The zero-order valence-corrected chi connectivity index (χ0v) is 10.8. The Morgan fingerprint density at radius 1 is 1.18 bits per heavy atom. The quantitative estimate of drug-likeness (QED) is 0.803. The van der Waals surface area contributed by atoms with Crippen LogP contribution in [0.25, 0.3) is 0 Å². The van der Waals surface area contributed by atoms with Gasteiger partial charge in [0.25, 0.3) is 10.2 Å². The standard InChI is InChI=1S/C11H15N3O2S/c1-13(2)17(15,16)14(3)11(9-12)10-7-5-4-6-8-10/h4-8,11H,1-3H3. The zero-order valence-electron chi connectivity index (χ0n) is 10.0. The lowest BCUT2D eigenvalue weighted by Gasteiger charge is -2.25. The van der Waals surface area contributed by atoms with E-state index in [-0.39, 0.29) is 0 Å². The summed E-state index contributed by atoms with van der Waals surface area (Å²) >= 11 is 0. The number of benzene rings is 1. The van der Waals surface area contributed by atoms with Gasteiger partial charge in [-0.2, -0.15) is 22.3 Å². The van der Waals surface area contributed by atoms with Crippen molar-refractivity contribution >= 4 is 10.2 Å². The molecule has 17 heavy (non-hydrogen) atoms. The van der Waals surface area contributed by atoms with Crippen molar-refractivity contribution in [2.45, 2.75) is 6.04 Å². The van der Waals surface area contributed by atoms with E-state index < -0.39 is 16.3 Å². The van der Waals surface area contributed by atoms with Gasteiger partial charge >= 0.3 is 0 Å². The molecule has 0 N–H and O–H groups in total. The van der Waals surface area contributed by atoms with Gasteiger partial charge in [-0.15, -0.1) is 0 Å². The first-order chi connectivity index (χ1) is 7.91. The fraction of sp³-hybridized carbons (Fsp3) is 0.364. The third-order valence-electron chi connectivity index (χ3n) is 2.43. The summed E-state index contributed by atoms with van der Waals surface area (Å²) in [5, 5.41) is 9.12. The fourth-order valence-corrected chi connectivity index (χ4v) is 2.34. The summed E-state index contributed by atoms with van der Waals surface area (Å²) in [6, 6.07) is 10.0. The van der Waals surface area contributed by atoms with Crippen molar-refractivity contribution in [3.05, 3.63) is 35.9 Å². The van der Waals surface area contributed by atoms with Crippen LogP contribution in [-0.2, 0) is 10.2 Å². The van der Waals surface area contributed by atoms with Gasteiger partial charge in [0.2, 0.25) is 0 Å². The van der Waals surface area contributed by atoms with Crippen LogP contribution in [0, 0.1) is 11.3 Å². The van der Waals surface area contributed by atoms with Crippen LogP contribution in [0.2, 0.25) is 0 Å². The van der Waals surface area contributed by atoms with E-state index >= 15 is 0 Å². The van der Waals surface area contributed by atoms with Gasteiger partial charge in [0.15, 0.2) is 0 Å². The molecule has 0 saturated heterocycles. The van der Waals surface area contributed by atoms with Crippen LogP contribution in [-0.4, -0.2) is 38.2 Å². The van der Waals surface area contributed by atoms with Crippen LogP contribution in [0.3, 0.4) is 0 Å². The first-order valence-electron chi connectivity index (χ1n) is 5.01. The lowest BCUT2D eigenvalue weighted by molar-refractivity contribution is 0.390. The molecule has 92 valence electrons. The average molecular weight is 253 g/mol. The number of rotatable bonds is 4. The Morgan fingerprint density at radius 3 is 2.12 bits per heavy atom. The minimum absolute atomic E-state index is 0.655. The van der Waals surface area contributed by atoms with Crippen LogP contribution in [0.1, 0.15) is 11.6 Å². The summed E-state index contributed by atoms with van der Waals surface area (Å²) in [6.45, 7) is 0. The van der Waals surface area contributed by atoms with Crippen LogP contribution in [0.4, 0.5) is 0 Å². The van der Waals surface area contributed by atoms with Gasteiger partial charge < -0.3 is 0 Å². The van der Waals surface area contributed by atoms with Crippen molar-refractivity contribution < 1.29 is 8.42 Å². The van der Waals surface area contributed by atoms with E-state index in [0.29, 0.717) is 5.56 Å². The molecule has 1 atom stereocenters. The first-order valence-corrected chi connectivity index (χ1v) is 6.41. The van der Waals surface area contributed by atoms with Crippen molar-refractivity contribution in [1.29, 1.82) is 5.26 Å². The zero-order chi connectivity index (χ0) is 13.1. The average Bonchev–Trinajstić information content (AvgIpc) is 2.31. The van der Waals surface area contributed by atoms with Crippen LogP contribution in [0.5, 0.6) is 0 Å². The number of nitrogens with zero attached hydrogens (tertiary/aromatic N) is 3. The van der Waals surface area contributed by atoms with Crippen LogP contribution < -0.4 is 0 Å². The minimum atomic E-state index is -3.59. The Balaban J connectivity index is 3.11. The molecule has 0 radical (unpaired) electrons. The van der Waals surface area contributed by atoms with Crippen molar-refractivity contribution in [2.24, 2.45) is 0 Å². The molecule has 0 aliphatic heterocycles. The number of hydrogen-bond donors (Lipinski definition) is 0. The molecule has 0 amide bonds. The summed E-state index contributed by atoms with van der Waals surface area (Å²) in [5.74, 6) is 0. The van der Waals surface area contributed by atoms with E-state index in [1.807, 2.05) is 12.1 Å². The summed E-state index contributed by atoms with van der Waals surface area (Å²) in [6.07, 6.45) is 0. The Bertz CT molecular complexity index is 505. The molecule has 0 heterocycles. The molecular formula is C11H15N3O2S. The van der Waals surface area contributed by atoms with E-state index in [2.05, 4.69) is 0 Å². The molecule has 0 aliphatic carbocycles. The van der Waals surface area contributed by atoms with Crippen molar-refractivity contribution in [1.82, 2.24) is 8.61 Å². The molecule has 1 rings (SSSR count). The molecule has 1 aromatic rings. The highest BCUT2D eigenvalue weighted by Crippen LogP contribution is 2.21. The molecular weight excluding hydrogens is 238 g/mol. The van der Waals surface area contributed by atoms with Gasteiger partial charge in [0.05, 0.1) is 6.07 Å². The fourth-order valence-electron chi connectivity index (χ4n) is 1.39. The molecule has 0 spiro atoms. The second-order valence-corrected chi connectivity index (χ2v) is 5.95. The Labute approximate surface area is 102 Å². The van der Waals surface area contributed by atoms with Gasteiger partial charge in [0, 0.05) is 21.1 Å². The van der Waals surface area contributed by atoms with E-state index in [1.54, 1.807) is 24.3 Å². The molecule has 0 saturated carbocycles. The summed E-state index contributed by atoms with van der Waals surface area (Å²) in [7, 11) is 0.678. The Kier molecular flexibility index (Phi) is 4.23. The highest BCUT2D eigenvalue weighted by Gasteiger charge is 2.28. The number of hydrogen-bond acceptors (Lipinski definition) is 3. The summed E-state index contributed by atoms with van der Waals surface area (Å²) in [4.78, 5) is 0. The van der Waals surface area contributed by atoms with Gasteiger partial charge in [-0.3, -0.25) is 0 Å². The molecule has 0 fully saturated rings. The van der Waals surface area contributed by atoms with Gasteiger partial charge in [-0.05, 0) is 5.56 Å². The predicted octanol–water partition coefficient (Wildman–Crippen LogP) is 0.989. The van der Waals surface area contributed by atoms with Crippen molar-refractivity contribution in [3.63, 3.8) is 0 Å². The highest BCUT2D eigenvalue weighted by molar-refractivity contribution is 7.86. The Hall–Kier alpha value is -1.42. The molecule has 0 aromatic heterocycles. The predicted molar refractivity (Wildman–Crippen MR) is 65.2 cm³/mol. The smallest absolute Gasteiger partial charge is 0.196 e. The van der Waals surface area contributed by atoms with Crippen LogP contribution >= 0.6 is 0 Å². The summed E-state index contributed by atoms with van der Waals surface area (Å²) in [5.41, 5.74) is 0.655. The second kappa shape index (κ2) is 5.27. The third kappa shape index (κ3) is 2.82. The van der Waals surface area contributed by atoms with Gasteiger partial charge in [-0.25, -0.2) is 0 Å². The lowest BCUT2D eigenvalue weighted by atomic mass is 10.1. The molecule has 0 bridgehead atoms. The van der Waals surface area contributed by atoms with Gasteiger partial charge in [-0.1, -0.05) is 30.3 Å². The highest BCUT2D eigenvalue weighted by atomic mass is 32.2. The lowest BCUT2D eigenvalue weighted by Crippen LogP contribution is -2.39. The largest absolute Gasteiger partial charge is 0.282 e. The maximum absolute atomic E-state index is 11.9. The van der Waals surface area contributed by atoms with Crippen molar-refractivity contribution in [3.8, 4) is 6.07 Å². The third-order valence-corrected chi connectivity index (χ3v) is 4.29. The van der Waals surface area contributed by atoms with E-state index in [9.17, 15) is 8.42 Å². The molecule has 1 aromatic carbocycles. The molecule has 5 nitrogen and oxygen atoms in total. The molecule has 6 heteroatoms. The van der Waals surface area contributed by atoms with Gasteiger partial charge in [0.1, 0.15) is 6.04 Å².